The van der Waals surface area contributed by atoms with Gasteiger partial charge in [-0.3, -0.25) is 0 Å². The maximum absolute atomic E-state index is 8.85. The van der Waals surface area contributed by atoms with Crippen LogP contribution in [0.25, 0.3) is 0 Å². The van der Waals surface area contributed by atoms with Gasteiger partial charge in [-0.2, -0.15) is 0 Å². The first-order valence-corrected chi connectivity index (χ1v) is 4.78. The first kappa shape index (κ1) is 9.48. The van der Waals surface area contributed by atoms with Crippen molar-refractivity contribution in [2.75, 3.05) is 6.61 Å². The molecule has 0 saturated carbocycles. The second-order valence-electron chi connectivity index (χ2n) is 3.13. The molecule has 0 aromatic rings. The molecule has 0 unspecified atom stereocenters. The second kappa shape index (κ2) is 3.41. The van der Waals surface area contributed by atoms with Gasteiger partial charge in [0.25, 0.3) is 0 Å². The molecule has 0 aromatic heterocycles. The molecule has 1 saturated heterocycles. The van der Waals surface area contributed by atoms with E-state index in [2.05, 4.69) is 29.2 Å². The summed E-state index contributed by atoms with van der Waals surface area (Å²) in [6, 6.07) is 0. The Morgan fingerprint density at radius 2 is 2.45 bits per heavy atom. The zero-order valence-electron chi connectivity index (χ0n) is 6.64. The van der Waals surface area contributed by atoms with Gasteiger partial charge < -0.3 is 9.84 Å². The highest BCUT2D eigenvalue weighted by molar-refractivity contribution is 14.1. The van der Waals surface area contributed by atoms with Crippen LogP contribution in [-0.2, 0) is 4.74 Å². The molecule has 0 radical (unpaired) electrons. The van der Waals surface area contributed by atoms with E-state index in [4.69, 9.17) is 9.84 Å². The summed E-state index contributed by atoms with van der Waals surface area (Å²) in [6.45, 7) is 5.87. The molecule has 1 heterocycles. The van der Waals surface area contributed by atoms with Gasteiger partial charge in [0.05, 0.1) is 12.7 Å². The van der Waals surface area contributed by atoms with E-state index in [0.717, 1.165) is 16.4 Å². The molecule has 1 fully saturated rings. The van der Waals surface area contributed by atoms with Crippen molar-refractivity contribution in [3.05, 3.63) is 10.2 Å². The van der Waals surface area contributed by atoms with E-state index >= 15 is 0 Å². The van der Waals surface area contributed by atoms with E-state index in [0.29, 0.717) is 0 Å². The summed E-state index contributed by atoms with van der Waals surface area (Å²) >= 11 is 2.21. The molecule has 11 heavy (non-hydrogen) atoms. The van der Waals surface area contributed by atoms with Crippen molar-refractivity contribution in [3.8, 4) is 0 Å². The first-order chi connectivity index (χ1) is 5.08. The molecule has 0 amide bonds. The van der Waals surface area contributed by atoms with Crippen molar-refractivity contribution >= 4 is 22.6 Å². The average molecular weight is 268 g/mol. The molecule has 0 bridgehead atoms. The average Bonchev–Trinajstić information content (AvgIpc) is 2.59. The van der Waals surface area contributed by atoms with Crippen LogP contribution in [0.5, 0.6) is 0 Å². The van der Waals surface area contributed by atoms with Crippen LogP contribution in [-0.4, -0.2) is 23.4 Å². The first-order valence-electron chi connectivity index (χ1n) is 3.70. The quantitative estimate of drug-likeness (QED) is 0.623. The highest BCUT2D eigenvalue weighted by Gasteiger charge is 2.50. The zero-order valence-corrected chi connectivity index (χ0v) is 8.80. The van der Waals surface area contributed by atoms with Crippen LogP contribution >= 0.6 is 22.6 Å². The number of rotatable bonds is 4. The van der Waals surface area contributed by atoms with Crippen LogP contribution < -0.4 is 0 Å². The summed E-state index contributed by atoms with van der Waals surface area (Å²) in [6.07, 6.45) is 2.22. The van der Waals surface area contributed by atoms with Crippen molar-refractivity contribution in [3.63, 3.8) is 0 Å². The summed E-state index contributed by atoms with van der Waals surface area (Å²) in [5.74, 6) is 0. The molecule has 64 valence electrons. The summed E-state index contributed by atoms with van der Waals surface area (Å²) < 4.78 is 6.46. The fourth-order valence-electron chi connectivity index (χ4n) is 1.08. The predicted molar refractivity (Wildman–Crippen MR) is 52.8 cm³/mol. The van der Waals surface area contributed by atoms with Crippen molar-refractivity contribution < 1.29 is 9.84 Å². The van der Waals surface area contributed by atoms with E-state index in [1.54, 1.807) is 0 Å². The van der Waals surface area contributed by atoms with E-state index in [1.807, 2.05) is 6.92 Å². The number of aliphatic hydroxyl groups excluding tert-OH is 1. The lowest BCUT2D eigenvalue weighted by Crippen LogP contribution is -2.14. The van der Waals surface area contributed by atoms with Gasteiger partial charge in [-0.15, -0.1) is 0 Å². The summed E-state index contributed by atoms with van der Waals surface area (Å²) in [5, 5.41) is 8.85. The number of hydrogen-bond donors (Lipinski definition) is 1. The molecule has 0 spiro atoms. The maximum atomic E-state index is 8.85. The Bertz CT molecular complexity index is 169. The smallest absolute Gasteiger partial charge is 0.115 e. The maximum Gasteiger partial charge on any atom is 0.115 e. The van der Waals surface area contributed by atoms with Crippen molar-refractivity contribution in [2.45, 2.75) is 31.5 Å². The Hall–Kier alpha value is 0.390. The Morgan fingerprint density at radius 1 is 1.82 bits per heavy atom. The van der Waals surface area contributed by atoms with Crippen molar-refractivity contribution in [1.29, 1.82) is 0 Å². The van der Waals surface area contributed by atoms with E-state index in [1.165, 1.54) is 0 Å². The van der Waals surface area contributed by atoms with Crippen LogP contribution in [0.2, 0.25) is 0 Å². The van der Waals surface area contributed by atoms with E-state index in [-0.39, 0.29) is 18.3 Å². The van der Waals surface area contributed by atoms with Crippen LogP contribution in [0.3, 0.4) is 0 Å². The largest absolute Gasteiger partial charge is 0.393 e. The number of ether oxygens (including phenoxy) is 1. The molecular weight excluding hydrogens is 255 g/mol. The highest BCUT2D eigenvalue weighted by atomic mass is 127. The lowest BCUT2D eigenvalue weighted by molar-refractivity contribution is 0.184. The third-order valence-electron chi connectivity index (χ3n) is 2.03. The summed E-state index contributed by atoms with van der Waals surface area (Å²) in [4.78, 5) is 0. The molecule has 2 atom stereocenters. The van der Waals surface area contributed by atoms with Gasteiger partial charge in [0.1, 0.15) is 5.60 Å². The molecule has 1 aliphatic heterocycles. The molecular formula is C8H13IO2. The predicted octanol–water partition coefficient (Wildman–Crippen LogP) is 1.87. The fraction of sp³-hybridized carbons (Fsp3) is 0.750. The Balaban J connectivity index is 2.18. The normalized spacial score (nSPS) is 35.4. The highest BCUT2D eigenvalue weighted by Crippen LogP contribution is 2.39. The molecule has 3 heteroatoms. The van der Waals surface area contributed by atoms with Crippen LogP contribution in [0.1, 0.15) is 19.8 Å². The number of allylic oxidation sites excluding steroid dienone is 1. The van der Waals surface area contributed by atoms with Gasteiger partial charge in [-0.1, -0.05) is 6.58 Å². The lowest BCUT2D eigenvalue weighted by Gasteiger charge is -1.99. The number of hydrogen-bond acceptors (Lipinski definition) is 2. The second-order valence-corrected chi connectivity index (χ2v) is 4.66. The van der Waals surface area contributed by atoms with Gasteiger partial charge in [0, 0.05) is 0 Å². The van der Waals surface area contributed by atoms with Gasteiger partial charge in [-0.25, -0.2) is 0 Å². The fourth-order valence-corrected chi connectivity index (χ4v) is 1.39. The topological polar surface area (TPSA) is 32.8 Å². The molecule has 2 nitrogen and oxygen atoms in total. The van der Waals surface area contributed by atoms with E-state index in [9.17, 15) is 0 Å². The SMILES string of the molecule is C=C(I)CC[C@H]1O[C@@]1(C)CO. The minimum absolute atomic E-state index is 0.130. The zero-order chi connectivity index (χ0) is 8.48. The minimum Gasteiger partial charge on any atom is -0.393 e. The Labute approximate surface area is 80.8 Å². The van der Waals surface area contributed by atoms with Gasteiger partial charge in [0.2, 0.25) is 0 Å². The van der Waals surface area contributed by atoms with Gasteiger partial charge >= 0.3 is 0 Å². The third-order valence-corrected chi connectivity index (χ3v) is 2.57. The van der Waals surface area contributed by atoms with Crippen LogP contribution in [0.15, 0.2) is 10.2 Å². The van der Waals surface area contributed by atoms with E-state index < -0.39 is 0 Å². The Morgan fingerprint density at radius 3 is 2.82 bits per heavy atom. The van der Waals surface area contributed by atoms with Crippen molar-refractivity contribution in [2.24, 2.45) is 0 Å². The number of halogens is 1. The standard InChI is InChI=1S/C8H13IO2/c1-6(9)3-4-7-8(2,5-10)11-7/h7,10H,1,3-5H2,2H3/t7-,8+/m1/s1. The van der Waals surface area contributed by atoms with Gasteiger partial charge in [-0.05, 0) is 45.9 Å². The van der Waals surface area contributed by atoms with Crippen molar-refractivity contribution in [1.82, 2.24) is 0 Å². The minimum atomic E-state index is -0.244. The van der Waals surface area contributed by atoms with Crippen LogP contribution in [0, 0.1) is 0 Å². The Kier molecular flexibility index (Phi) is 2.94. The molecule has 0 aliphatic carbocycles. The van der Waals surface area contributed by atoms with Crippen LogP contribution in [0.4, 0.5) is 0 Å². The lowest BCUT2D eigenvalue weighted by atomic mass is 10.1. The summed E-state index contributed by atoms with van der Waals surface area (Å²) in [7, 11) is 0. The molecule has 0 aromatic carbocycles. The number of aliphatic hydroxyl groups is 1. The summed E-state index contributed by atoms with van der Waals surface area (Å²) in [5.41, 5.74) is -0.244. The molecule has 1 rings (SSSR count). The number of epoxide rings is 1. The third kappa shape index (κ3) is 2.42. The molecule has 1 aliphatic rings. The molecule has 1 N–H and O–H groups in total. The van der Waals surface area contributed by atoms with Gasteiger partial charge in [0.15, 0.2) is 0 Å². The monoisotopic (exact) mass is 268 g/mol.